The van der Waals surface area contributed by atoms with Crippen LogP contribution in [0.15, 0.2) is 53.5 Å². The molecular weight excluding hydrogens is 600 g/mol. The Kier molecular flexibility index (Phi) is 27.3. The monoisotopic (exact) mass is 628 g/mol. The Morgan fingerprint density at radius 3 is 1.55 bits per heavy atom. The van der Waals surface area contributed by atoms with E-state index in [1.54, 1.807) is 14.2 Å². The second-order valence-corrected chi connectivity index (χ2v) is 5.19. The first kappa shape index (κ1) is 37.6. The van der Waals surface area contributed by atoms with Crippen molar-refractivity contribution in [3.63, 3.8) is 0 Å². The molecule has 10 nitrogen and oxygen atoms in total. The van der Waals surface area contributed by atoms with Gasteiger partial charge in [0.05, 0.1) is 14.2 Å². The fraction of sp³-hybridized carbons (Fsp3) is 0.238. The largest absolute Gasteiger partial charge is 2.00 e. The standard InChI is InChI=1S/C15H15N2O2.3C2H4O2.2Mo/c1-18-14-9-5-3-7-12(14)16-11-17-13-8-4-6-10-15(13)19-2;3*1-2(3)4;;/h3-11H,1-2H3;3*1H3,(H,3,4);;/q-1;;;;2*+2/p-3. The smallest absolute Gasteiger partial charge is 0.550 e. The first-order chi connectivity index (χ1) is 14.5. The molecule has 0 aromatic heterocycles. The number of carboxylic acids is 3. The number of benzene rings is 2. The van der Waals surface area contributed by atoms with Crippen molar-refractivity contribution in [2.45, 2.75) is 20.8 Å². The van der Waals surface area contributed by atoms with Crippen molar-refractivity contribution < 1.29 is 81.3 Å². The number of carboxylic acid groups (broad SMARTS) is 3. The summed E-state index contributed by atoms with van der Waals surface area (Å²) in [5.74, 6) is -1.82. The third kappa shape index (κ3) is 25.4. The molecule has 2 rings (SSSR count). The molecule has 0 unspecified atom stereocenters. The van der Waals surface area contributed by atoms with E-state index in [2.05, 4.69) is 10.3 Å². The van der Waals surface area contributed by atoms with Gasteiger partial charge >= 0.3 is 42.1 Å². The zero-order valence-electron chi connectivity index (χ0n) is 18.7. The molecule has 0 bridgehead atoms. The molecule has 0 radical (unpaired) electrons. The van der Waals surface area contributed by atoms with Crippen LogP contribution in [-0.2, 0) is 56.5 Å². The topological polar surface area (TPSA) is 165 Å². The Bertz CT molecular complexity index is 808. The molecule has 0 saturated carbocycles. The predicted molar refractivity (Wildman–Crippen MR) is 109 cm³/mol. The summed E-state index contributed by atoms with van der Waals surface area (Å²) < 4.78 is 10.4. The van der Waals surface area contributed by atoms with Gasteiger partial charge in [0.25, 0.3) is 0 Å². The molecule has 0 atom stereocenters. The van der Waals surface area contributed by atoms with Crippen molar-refractivity contribution in [3.8, 4) is 11.5 Å². The van der Waals surface area contributed by atoms with Crippen LogP contribution in [0.1, 0.15) is 20.8 Å². The number of carbonyl (C=O) groups is 3. The molecular formula is C21H24Mo2N2O8. The molecule has 2 aromatic rings. The van der Waals surface area contributed by atoms with Crippen molar-refractivity contribution >= 4 is 35.6 Å². The van der Waals surface area contributed by atoms with E-state index < -0.39 is 17.9 Å². The fourth-order valence-corrected chi connectivity index (χ4v) is 1.63. The van der Waals surface area contributed by atoms with E-state index in [4.69, 9.17) is 39.2 Å². The number of carbonyl (C=O) groups excluding carboxylic acids is 3. The van der Waals surface area contributed by atoms with Gasteiger partial charge in [-0.25, -0.2) is 0 Å². The average molecular weight is 624 g/mol. The molecule has 0 aliphatic carbocycles. The van der Waals surface area contributed by atoms with E-state index >= 15 is 0 Å². The molecule has 0 fully saturated rings. The maximum absolute atomic E-state index is 8.89. The third-order valence-corrected chi connectivity index (χ3v) is 2.56. The molecule has 0 aliphatic heterocycles. The van der Waals surface area contributed by atoms with E-state index in [0.29, 0.717) is 11.5 Å². The Balaban J connectivity index is -0.000000252. The zero-order valence-corrected chi connectivity index (χ0v) is 22.7. The predicted octanol–water partition coefficient (Wildman–Crippen LogP) is 0.333. The molecule has 178 valence electrons. The molecule has 0 heterocycles. The molecule has 12 heteroatoms. The summed E-state index contributed by atoms with van der Waals surface area (Å²) in [5.41, 5.74) is 1.48. The van der Waals surface area contributed by atoms with Crippen molar-refractivity contribution in [2.75, 3.05) is 14.2 Å². The van der Waals surface area contributed by atoms with Gasteiger partial charge in [-0.15, -0.1) is 0 Å². The molecule has 0 saturated heterocycles. The quantitative estimate of drug-likeness (QED) is 0.261. The van der Waals surface area contributed by atoms with Crippen LogP contribution in [0, 0.1) is 0 Å². The van der Waals surface area contributed by atoms with Gasteiger partial charge in [0.15, 0.2) is 0 Å². The van der Waals surface area contributed by atoms with Gasteiger partial charge in [0.1, 0.15) is 11.5 Å². The first-order valence-corrected chi connectivity index (χ1v) is 8.57. The summed E-state index contributed by atoms with van der Waals surface area (Å²) in [6.45, 7) is 2.92. The van der Waals surface area contributed by atoms with Gasteiger partial charge < -0.3 is 49.5 Å². The fourth-order valence-electron chi connectivity index (χ4n) is 1.63. The number of rotatable bonds is 5. The molecule has 33 heavy (non-hydrogen) atoms. The minimum Gasteiger partial charge on any atom is -0.550 e. The average Bonchev–Trinajstić information content (AvgIpc) is 2.67. The number of hydrogen-bond donors (Lipinski definition) is 0. The van der Waals surface area contributed by atoms with E-state index in [1.807, 2.05) is 48.5 Å². The number of ether oxygens (including phenoxy) is 2. The Hall–Kier alpha value is -2.70. The number of nitrogens with zero attached hydrogens (tertiary/aromatic N) is 2. The molecule has 0 amide bonds. The normalized spacial score (nSPS) is 8.27. The maximum Gasteiger partial charge on any atom is 2.00 e. The van der Waals surface area contributed by atoms with Crippen LogP contribution in [0.3, 0.4) is 0 Å². The van der Waals surface area contributed by atoms with Gasteiger partial charge in [-0.3, -0.25) is 0 Å². The number of para-hydroxylation sites is 4. The van der Waals surface area contributed by atoms with Gasteiger partial charge in [-0.05, 0) is 32.9 Å². The molecule has 0 N–H and O–H groups in total. The van der Waals surface area contributed by atoms with Gasteiger partial charge in [-0.1, -0.05) is 42.7 Å². The van der Waals surface area contributed by atoms with Crippen LogP contribution in [-0.4, -0.2) is 38.5 Å². The van der Waals surface area contributed by atoms with Crippen molar-refractivity contribution in [3.05, 3.63) is 53.8 Å². The van der Waals surface area contributed by atoms with Crippen molar-refractivity contribution in [2.24, 2.45) is 4.99 Å². The zero-order chi connectivity index (χ0) is 24.2. The SMILES string of the molecule is CC(=O)[O-].CC(=O)[O-].CC(=O)[O-].COc1ccccc1N=C[N-]c1ccccc1OC.[Mo+2].[Mo+2]. The minimum atomic E-state index is -1.08. The first-order valence-electron chi connectivity index (χ1n) is 8.57. The summed E-state index contributed by atoms with van der Waals surface area (Å²) in [6, 6.07) is 15.0. The number of aliphatic imine (C=N–C) groups is 1. The van der Waals surface area contributed by atoms with Crippen molar-refractivity contribution in [1.82, 2.24) is 0 Å². The van der Waals surface area contributed by atoms with E-state index in [1.165, 1.54) is 6.34 Å². The van der Waals surface area contributed by atoms with Crippen LogP contribution in [0.2, 0.25) is 0 Å². The van der Waals surface area contributed by atoms with Gasteiger partial charge in [-0.2, -0.15) is 0 Å². The van der Waals surface area contributed by atoms with E-state index in [9.17, 15) is 0 Å². The summed E-state index contributed by atoms with van der Waals surface area (Å²) in [7, 11) is 3.23. The van der Waals surface area contributed by atoms with E-state index in [0.717, 1.165) is 32.1 Å². The summed E-state index contributed by atoms with van der Waals surface area (Å²) >= 11 is 0. The van der Waals surface area contributed by atoms with Crippen LogP contribution >= 0.6 is 0 Å². The number of methoxy groups -OCH3 is 2. The van der Waals surface area contributed by atoms with Crippen molar-refractivity contribution in [1.29, 1.82) is 0 Å². The summed E-state index contributed by atoms with van der Waals surface area (Å²) in [4.78, 5) is 30.9. The summed E-state index contributed by atoms with van der Waals surface area (Å²) in [6.07, 6.45) is 1.50. The minimum absolute atomic E-state index is 0. The summed E-state index contributed by atoms with van der Waals surface area (Å²) in [5, 5.41) is 30.9. The van der Waals surface area contributed by atoms with Gasteiger partial charge in [0.2, 0.25) is 0 Å². The molecule has 0 aliphatic rings. The molecule has 2 aromatic carbocycles. The van der Waals surface area contributed by atoms with Crippen LogP contribution in [0.25, 0.3) is 5.32 Å². The molecule has 0 spiro atoms. The van der Waals surface area contributed by atoms with Gasteiger partial charge in [0, 0.05) is 29.3 Å². The third-order valence-electron chi connectivity index (χ3n) is 2.56. The Labute approximate surface area is 221 Å². The van der Waals surface area contributed by atoms with Crippen LogP contribution in [0.5, 0.6) is 11.5 Å². The van der Waals surface area contributed by atoms with Crippen LogP contribution in [0.4, 0.5) is 11.4 Å². The second kappa shape index (κ2) is 23.9. The number of aliphatic carboxylic acids is 3. The number of hydrogen-bond acceptors (Lipinski definition) is 9. The van der Waals surface area contributed by atoms with E-state index in [-0.39, 0.29) is 42.1 Å². The van der Waals surface area contributed by atoms with Crippen LogP contribution < -0.4 is 24.8 Å². The Morgan fingerprint density at radius 2 is 1.12 bits per heavy atom. The Morgan fingerprint density at radius 1 is 0.758 bits per heavy atom. The maximum atomic E-state index is 8.89. The second-order valence-electron chi connectivity index (χ2n) is 5.19.